The summed E-state index contributed by atoms with van der Waals surface area (Å²) < 4.78 is 6.89. The van der Waals surface area contributed by atoms with Crippen LogP contribution in [0.15, 0.2) is 51.7 Å². The first-order valence-electron chi connectivity index (χ1n) is 5.18. The summed E-state index contributed by atoms with van der Waals surface area (Å²) in [6.45, 7) is 0.229. The minimum atomic E-state index is -0.389. The number of hydrogen-bond donors (Lipinski definition) is 0. The Morgan fingerprint density at radius 3 is 2.72 bits per heavy atom. The van der Waals surface area contributed by atoms with Crippen molar-refractivity contribution in [3.05, 3.63) is 62.8 Å². The highest BCUT2D eigenvalue weighted by atomic mass is 79.9. The second kappa shape index (κ2) is 6.11. The van der Waals surface area contributed by atoms with Crippen LogP contribution in [0.5, 0.6) is 0 Å². The maximum absolute atomic E-state index is 11.8. The van der Waals surface area contributed by atoms with Crippen LogP contribution < -0.4 is 0 Å². The SMILES string of the molecule is O=C(OCc1ccccc1Br)c1cncc(Br)c1. The number of halogens is 2. The second-order valence-corrected chi connectivity index (χ2v) is 5.33. The number of rotatable bonds is 3. The number of carbonyl (C=O) groups excluding carboxylic acids is 1. The van der Waals surface area contributed by atoms with E-state index in [-0.39, 0.29) is 12.6 Å². The average molecular weight is 371 g/mol. The van der Waals surface area contributed by atoms with Crippen LogP contribution in [-0.2, 0) is 11.3 Å². The van der Waals surface area contributed by atoms with Crippen LogP contribution in [-0.4, -0.2) is 11.0 Å². The van der Waals surface area contributed by atoms with E-state index in [4.69, 9.17) is 4.74 Å². The van der Waals surface area contributed by atoms with Gasteiger partial charge in [-0.15, -0.1) is 0 Å². The first kappa shape index (κ1) is 13.2. The van der Waals surface area contributed by atoms with Crippen molar-refractivity contribution in [2.75, 3.05) is 0 Å². The lowest BCUT2D eigenvalue weighted by Crippen LogP contribution is -2.06. The normalized spacial score (nSPS) is 10.1. The molecule has 1 aromatic heterocycles. The van der Waals surface area contributed by atoms with Crippen molar-refractivity contribution in [2.45, 2.75) is 6.61 Å². The van der Waals surface area contributed by atoms with E-state index in [1.54, 1.807) is 12.3 Å². The number of carbonyl (C=O) groups is 1. The Bertz CT molecular complexity index is 572. The molecule has 0 aliphatic carbocycles. The fraction of sp³-hybridized carbons (Fsp3) is 0.0769. The highest BCUT2D eigenvalue weighted by Crippen LogP contribution is 2.17. The average Bonchev–Trinajstić information content (AvgIpc) is 2.37. The van der Waals surface area contributed by atoms with Crippen molar-refractivity contribution in [3.8, 4) is 0 Å². The molecule has 0 fully saturated rings. The van der Waals surface area contributed by atoms with Crippen molar-refractivity contribution in [1.29, 1.82) is 0 Å². The van der Waals surface area contributed by atoms with Gasteiger partial charge in [-0.05, 0) is 28.1 Å². The molecule has 2 aromatic rings. The standard InChI is InChI=1S/C13H9Br2NO2/c14-11-5-10(6-16-7-11)13(17)18-8-9-3-1-2-4-12(9)15/h1-7H,8H2. The molecule has 0 N–H and O–H groups in total. The third kappa shape index (κ3) is 3.40. The van der Waals surface area contributed by atoms with E-state index in [1.165, 1.54) is 6.20 Å². The van der Waals surface area contributed by atoms with Crippen LogP contribution in [0.2, 0.25) is 0 Å². The molecule has 0 radical (unpaired) electrons. The molecule has 18 heavy (non-hydrogen) atoms. The zero-order valence-electron chi connectivity index (χ0n) is 9.27. The molecular formula is C13H9Br2NO2. The quantitative estimate of drug-likeness (QED) is 0.767. The minimum absolute atomic E-state index is 0.229. The van der Waals surface area contributed by atoms with Gasteiger partial charge in [-0.3, -0.25) is 4.98 Å². The van der Waals surface area contributed by atoms with Gasteiger partial charge in [0.1, 0.15) is 6.61 Å². The van der Waals surface area contributed by atoms with Gasteiger partial charge >= 0.3 is 5.97 Å². The smallest absolute Gasteiger partial charge is 0.340 e. The van der Waals surface area contributed by atoms with Gasteiger partial charge in [-0.1, -0.05) is 34.1 Å². The van der Waals surface area contributed by atoms with Gasteiger partial charge < -0.3 is 4.74 Å². The van der Waals surface area contributed by atoms with Crippen LogP contribution in [0.4, 0.5) is 0 Å². The zero-order valence-corrected chi connectivity index (χ0v) is 12.4. The van der Waals surface area contributed by atoms with E-state index >= 15 is 0 Å². The highest BCUT2D eigenvalue weighted by Gasteiger charge is 2.09. The number of hydrogen-bond acceptors (Lipinski definition) is 3. The number of nitrogens with zero attached hydrogens (tertiary/aromatic N) is 1. The first-order valence-corrected chi connectivity index (χ1v) is 6.76. The predicted molar refractivity (Wildman–Crippen MR) is 75.2 cm³/mol. The molecule has 0 unspecified atom stereocenters. The maximum atomic E-state index is 11.8. The molecule has 0 atom stereocenters. The molecular weight excluding hydrogens is 362 g/mol. The molecule has 3 nitrogen and oxygen atoms in total. The van der Waals surface area contributed by atoms with Gasteiger partial charge in [0.2, 0.25) is 0 Å². The lowest BCUT2D eigenvalue weighted by molar-refractivity contribution is 0.0471. The number of benzene rings is 1. The van der Waals surface area contributed by atoms with Crippen LogP contribution >= 0.6 is 31.9 Å². The number of esters is 1. The van der Waals surface area contributed by atoms with Gasteiger partial charge in [-0.2, -0.15) is 0 Å². The summed E-state index contributed by atoms with van der Waals surface area (Å²) >= 11 is 6.66. The second-order valence-electron chi connectivity index (χ2n) is 3.56. The van der Waals surface area contributed by atoms with E-state index in [2.05, 4.69) is 36.8 Å². The van der Waals surface area contributed by atoms with Crippen LogP contribution in [0.3, 0.4) is 0 Å². The summed E-state index contributed by atoms with van der Waals surface area (Å²) in [4.78, 5) is 15.7. The summed E-state index contributed by atoms with van der Waals surface area (Å²) in [5.74, 6) is -0.389. The molecule has 1 heterocycles. The van der Waals surface area contributed by atoms with E-state index in [9.17, 15) is 4.79 Å². The molecule has 0 aliphatic heterocycles. The van der Waals surface area contributed by atoms with Gasteiger partial charge in [0.25, 0.3) is 0 Å². The maximum Gasteiger partial charge on any atom is 0.340 e. The summed E-state index contributed by atoms with van der Waals surface area (Å²) in [6, 6.07) is 9.29. The summed E-state index contributed by atoms with van der Waals surface area (Å²) in [5, 5.41) is 0. The minimum Gasteiger partial charge on any atom is -0.457 e. The molecule has 2 rings (SSSR count). The largest absolute Gasteiger partial charge is 0.457 e. The molecule has 0 saturated heterocycles. The Balaban J connectivity index is 2.03. The fourth-order valence-corrected chi connectivity index (χ4v) is 2.13. The van der Waals surface area contributed by atoms with Crippen molar-refractivity contribution < 1.29 is 9.53 Å². The Labute approximate surface area is 121 Å². The summed E-state index contributed by atoms with van der Waals surface area (Å²) in [7, 11) is 0. The number of pyridine rings is 1. The molecule has 1 aromatic carbocycles. The van der Waals surface area contributed by atoms with Crippen LogP contribution in [0.1, 0.15) is 15.9 Å². The van der Waals surface area contributed by atoms with Crippen molar-refractivity contribution in [1.82, 2.24) is 4.98 Å². The lowest BCUT2D eigenvalue weighted by atomic mass is 10.2. The van der Waals surface area contributed by atoms with Gasteiger partial charge in [0.05, 0.1) is 5.56 Å². The first-order chi connectivity index (χ1) is 8.66. The number of ether oxygens (including phenoxy) is 1. The fourth-order valence-electron chi connectivity index (χ4n) is 1.37. The van der Waals surface area contributed by atoms with E-state index in [1.807, 2.05) is 24.3 Å². The molecule has 0 aliphatic rings. The third-order valence-electron chi connectivity index (χ3n) is 2.26. The van der Waals surface area contributed by atoms with Gasteiger partial charge in [0.15, 0.2) is 0 Å². The predicted octanol–water partition coefficient (Wildman–Crippen LogP) is 3.96. The Morgan fingerprint density at radius 1 is 1.22 bits per heavy atom. The van der Waals surface area contributed by atoms with Crippen LogP contribution in [0.25, 0.3) is 0 Å². The van der Waals surface area contributed by atoms with Gasteiger partial charge in [0, 0.05) is 26.9 Å². The van der Waals surface area contributed by atoms with Gasteiger partial charge in [-0.25, -0.2) is 4.79 Å². The number of aromatic nitrogens is 1. The zero-order chi connectivity index (χ0) is 13.0. The molecule has 92 valence electrons. The van der Waals surface area contributed by atoms with Crippen molar-refractivity contribution in [2.24, 2.45) is 0 Å². The lowest BCUT2D eigenvalue weighted by Gasteiger charge is -2.06. The molecule has 0 amide bonds. The highest BCUT2D eigenvalue weighted by molar-refractivity contribution is 9.10. The topological polar surface area (TPSA) is 39.2 Å². The molecule has 0 saturated carbocycles. The molecule has 0 spiro atoms. The van der Waals surface area contributed by atoms with Crippen LogP contribution in [0, 0.1) is 0 Å². The Morgan fingerprint density at radius 2 is 2.00 bits per heavy atom. The Hall–Kier alpha value is -1.20. The third-order valence-corrected chi connectivity index (χ3v) is 3.46. The molecule has 0 bridgehead atoms. The molecule has 5 heteroatoms. The monoisotopic (exact) mass is 369 g/mol. The van der Waals surface area contributed by atoms with E-state index < -0.39 is 0 Å². The van der Waals surface area contributed by atoms with Crippen molar-refractivity contribution in [3.63, 3.8) is 0 Å². The van der Waals surface area contributed by atoms with E-state index in [0.29, 0.717) is 5.56 Å². The summed E-state index contributed by atoms with van der Waals surface area (Å²) in [5.41, 5.74) is 1.35. The Kier molecular flexibility index (Phi) is 4.49. The van der Waals surface area contributed by atoms with Crippen molar-refractivity contribution >= 4 is 37.8 Å². The van der Waals surface area contributed by atoms with E-state index in [0.717, 1.165) is 14.5 Å². The summed E-state index contributed by atoms with van der Waals surface area (Å²) in [6.07, 6.45) is 3.09.